The van der Waals surface area contributed by atoms with Gasteiger partial charge in [0.15, 0.2) is 9.84 Å². The number of benzene rings is 2. The first-order chi connectivity index (χ1) is 14.2. The second-order valence-electron chi connectivity index (χ2n) is 6.93. The summed E-state index contributed by atoms with van der Waals surface area (Å²) in [5, 5.41) is 2.27. The Bertz CT molecular complexity index is 983. The minimum Gasteiger partial charge on any atom is -0.497 e. The van der Waals surface area contributed by atoms with E-state index < -0.39 is 33.0 Å². The van der Waals surface area contributed by atoms with Crippen LogP contribution in [0.4, 0.5) is 0 Å². The summed E-state index contributed by atoms with van der Waals surface area (Å²) in [6.07, 6.45) is -0.0490. The average Bonchev–Trinajstić information content (AvgIpc) is 2.73. The van der Waals surface area contributed by atoms with Gasteiger partial charge in [0, 0.05) is 5.56 Å². The SMILES string of the molecule is CCOC(=O)CC(NC(=O)c1ccc(S(=O)(=O)C(C)C)cc1)c1cccc(OC)c1. The third-order valence-electron chi connectivity index (χ3n) is 4.54. The predicted octanol–water partition coefficient (Wildman–Crippen LogP) is 3.30. The van der Waals surface area contributed by atoms with Crippen molar-refractivity contribution in [3.05, 3.63) is 59.7 Å². The first-order valence-corrected chi connectivity index (χ1v) is 11.2. The minimum atomic E-state index is -3.42. The van der Waals surface area contributed by atoms with Crippen molar-refractivity contribution in [1.82, 2.24) is 5.32 Å². The Morgan fingerprint density at radius 2 is 1.73 bits per heavy atom. The number of esters is 1. The molecule has 0 saturated carbocycles. The lowest BCUT2D eigenvalue weighted by atomic mass is 10.0. The monoisotopic (exact) mass is 433 g/mol. The molecular formula is C22H27NO6S. The summed E-state index contributed by atoms with van der Waals surface area (Å²) in [5.74, 6) is -0.275. The average molecular weight is 434 g/mol. The van der Waals surface area contributed by atoms with E-state index in [1.165, 1.54) is 31.4 Å². The molecule has 0 radical (unpaired) electrons. The van der Waals surface area contributed by atoms with Crippen LogP contribution in [0, 0.1) is 0 Å². The lowest BCUT2D eigenvalue weighted by Gasteiger charge is -2.19. The van der Waals surface area contributed by atoms with Crippen molar-refractivity contribution in [3.8, 4) is 5.75 Å². The molecule has 7 nitrogen and oxygen atoms in total. The lowest BCUT2D eigenvalue weighted by molar-refractivity contribution is -0.143. The van der Waals surface area contributed by atoms with Crippen LogP contribution in [0.3, 0.4) is 0 Å². The molecule has 0 aliphatic carbocycles. The van der Waals surface area contributed by atoms with E-state index in [0.717, 1.165) is 0 Å². The molecule has 2 aromatic carbocycles. The number of hydrogen-bond acceptors (Lipinski definition) is 6. The van der Waals surface area contributed by atoms with Crippen molar-refractivity contribution in [2.75, 3.05) is 13.7 Å². The molecule has 0 aliphatic rings. The molecule has 1 amide bonds. The molecule has 162 valence electrons. The minimum absolute atomic E-state index is 0.0490. The largest absolute Gasteiger partial charge is 0.497 e. The number of hydrogen-bond donors (Lipinski definition) is 1. The van der Waals surface area contributed by atoms with Crippen LogP contribution in [0.15, 0.2) is 53.4 Å². The van der Waals surface area contributed by atoms with Crippen molar-refractivity contribution in [2.24, 2.45) is 0 Å². The van der Waals surface area contributed by atoms with E-state index in [1.54, 1.807) is 45.0 Å². The smallest absolute Gasteiger partial charge is 0.308 e. The van der Waals surface area contributed by atoms with Gasteiger partial charge in [0.2, 0.25) is 0 Å². The molecule has 1 unspecified atom stereocenters. The summed E-state index contributed by atoms with van der Waals surface area (Å²) >= 11 is 0. The van der Waals surface area contributed by atoms with Crippen LogP contribution in [0.2, 0.25) is 0 Å². The molecule has 1 atom stereocenters. The summed E-state index contributed by atoms with van der Waals surface area (Å²) in [7, 11) is -1.89. The van der Waals surface area contributed by atoms with Gasteiger partial charge in [-0.1, -0.05) is 12.1 Å². The van der Waals surface area contributed by atoms with Crippen molar-refractivity contribution < 1.29 is 27.5 Å². The summed E-state index contributed by atoms with van der Waals surface area (Å²) in [4.78, 5) is 25.0. The second-order valence-corrected chi connectivity index (χ2v) is 9.43. The van der Waals surface area contributed by atoms with E-state index in [1.807, 2.05) is 0 Å². The predicted molar refractivity (Wildman–Crippen MR) is 113 cm³/mol. The highest BCUT2D eigenvalue weighted by molar-refractivity contribution is 7.92. The van der Waals surface area contributed by atoms with Gasteiger partial charge in [-0.3, -0.25) is 9.59 Å². The maximum absolute atomic E-state index is 12.8. The summed E-state index contributed by atoms with van der Waals surface area (Å²) in [6.45, 7) is 5.15. The highest BCUT2D eigenvalue weighted by Crippen LogP contribution is 2.23. The molecule has 0 saturated heterocycles. The van der Waals surface area contributed by atoms with E-state index in [-0.39, 0.29) is 23.5 Å². The Kier molecular flexibility index (Phi) is 8.00. The number of methoxy groups -OCH3 is 1. The van der Waals surface area contributed by atoms with Crippen molar-refractivity contribution >= 4 is 21.7 Å². The van der Waals surface area contributed by atoms with Crippen LogP contribution in [0.1, 0.15) is 49.2 Å². The zero-order valence-corrected chi connectivity index (χ0v) is 18.4. The molecule has 1 N–H and O–H groups in total. The van der Waals surface area contributed by atoms with Crippen molar-refractivity contribution in [3.63, 3.8) is 0 Å². The molecule has 2 rings (SSSR count). The van der Waals surface area contributed by atoms with Crippen LogP contribution in [0.5, 0.6) is 5.75 Å². The fourth-order valence-corrected chi connectivity index (χ4v) is 3.87. The van der Waals surface area contributed by atoms with Gasteiger partial charge in [0.1, 0.15) is 5.75 Å². The number of carbonyl (C=O) groups is 2. The maximum atomic E-state index is 12.8. The molecule has 0 aromatic heterocycles. The normalized spacial score (nSPS) is 12.3. The summed E-state index contributed by atoms with van der Waals surface area (Å²) < 4.78 is 34.8. The zero-order chi connectivity index (χ0) is 22.3. The van der Waals surface area contributed by atoms with Crippen molar-refractivity contribution in [1.29, 1.82) is 0 Å². The molecule has 0 fully saturated rings. The third-order valence-corrected chi connectivity index (χ3v) is 6.71. The first-order valence-electron chi connectivity index (χ1n) is 9.63. The molecule has 0 heterocycles. The number of rotatable bonds is 9. The zero-order valence-electron chi connectivity index (χ0n) is 17.5. The van der Waals surface area contributed by atoms with Gasteiger partial charge in [0.25, 0.3) is 5.91 Å². The molecule has 0 aliphatic heterocycles. The molecule has 8 heteroatoms. The van der Waals surface area contributed by atoms with E-state index in [9.17, 15) is 18.0 Å². The highest BCUT2D eigenvalue weighted by atomic mass is 32.2. The molecule has 2 aromatic rings. The number of amides is 1. The summed E-state index contributed by atoms with van der Waals surface area (Å²) in [6, 6.07) is 12.2. The quantitative estimate of drug-likeness (QED) is 0.609. The lowest BCUT2D eigenvalue weighted by Crippen LogP contribution is -2.30. The molecular weight excluding hydrogens is 406 g/mol. The van der Waals surface area contributed by atoms with Gasteiger partial charge in [-0.2, -0.15) is 0 Å². The Balaban J connectivity index is 2.26. The molecule has 30 heavy (non-hydrogen) atoms. The van der Waals surface area contributed by atoms with Crippen molar-refractivity contribution in [2.45, 2.75) is 43.4 Å². The fourth-order valence-electron chi connectivity index (χ4n) is 2.81. The first kappa shape index (κ1) is 23.4. The van der Waals surface area contributed by atoms with Crippen LogP contribution >= 0.6 is 0 Å². The Hall–Kier alpha value is -2.87. The Labute approximate surface area is 177 Å². The van der Waals surface area contributed by atoms with Gasteiger partial charge >= 0.3 is 5.97 Å². The standard InChI is InChI=1S/C22H27NO6S/c1-5-29-21(24)14-20(17-7-6-8-18(13-17)28-4)23-22(25)16-9-11-19(12-10-16)30(26,27)15(2)3/h6-13,15,20H,5,14H2,1-4H3,(H,23,25). The van der Waals surface area contributed by atoms with E-state index in [0.29, 0.717) is 11.3 Å². The Morgan fingerprint density at radius 1 is 1.07 bits per heavy atom. The third kappa shape index (κ3) is 5.82. The topological polar surface area (TPSA) is 98.8 Å². The number of sulfone groups is 1. The van der Waals surface area contributed by atoms with Gasteiger partial charge in [-0.25, -0.2) is 8.42 Å². The van der Waals surface area contributed by atoms with Crippen LogP contribution in [-0.4, -0.2) is 39.3 Å². The maximum Gasteiger partial charge on any atom is 0.308 e. The van der Waals surface area contributed by atoms with Gasteiger partial charge in [-0.15, -0.1) is 0 Å². The fraction of sp³-hybridized carbons (Fsp3) is 0.364. The highest BCUT2D eigenvalue weighted by Gasteiger charge is 2.22. The van der Waals surface area contributed by atoms with Gasteiger partial charge < -0.3 is 14.8 Å². The van der Waals surface area contributed by atoms with Gasteiger partial charge in [-0.05, 0) is 62.7 Å². The van der Waals surface area contributed by atoms with Crippen LogP contribution in [0.25, 0.3) is 0 Å². The number of ether oxygens (including phenoxy) is 2. The number of nitrogens with one attached hydrogen (secondary N) is 1. The molecule has 0 bridgehead atoms. The van der Waals surface area contributed by atoms with Crippen LogP contribution < -0.4 is 10.1 Å². The van der Waals surface area contributed by atoms with E-state index in [4.69, 9.17) is 9.47 Å². The van der Waals surface area contributed by atoms with Gasteiger partial charge in [0.05, 0.1) is 36.3 Å². The summed E-state index contributed by atoms with van der Waals surface area (Å²) in [5.41, 5.74) is 0.976. The number of carbonyl (C=O) groups excluding carboxylic acids is 2. The Morgan fingerprint density at radius 3 is 2.30 bits per heavy atom. The molecule has 0 spiro atoms. The second kappa shape index (κ2) is 10.2. The van der Waals surface area contributed by atoms with E-state index >= 15 is 0 Å². The van der Waals surface area contributed by atoms with Crippen LogP contribution in [-0.2, 0) is 19.4 Å². The van der Waals surface area contributed by atoms with E-state index in [2.05, 4.69) is 5.32 Å².